The van der Waals surface area contributed by atoms with Gasteiger partial charge in [-0.1, -0.05) is 17.7 Å². The highest BCUT2D eigenvalue weighted by molar-refractivity contribution is 7.92. The van der Waals surface area contributed by atoms with Gasteiger partial charge in [0, 0.05) is 24.0 Å². The van der Waals surface area contributed by atoms with E-state index in [0.29, 0.717) is 31.1 Å². The van der Waals surface area contributed by atoms with Crippen molar-refractivity contribution in [2.45, 2.75) is 24.7 Å². The Hall–Kier alpha value is -2.21. The molecule has 2 aromatic carbocycles. The summed E-state index contributed by atoms with van der Waals surface area (Å²) in [7, 11) is -3.66. The molecule has 0 aromatic heterocycles. The third-order valence-electron chi connectivity index (χ3n) is 4.22. The summed E-state index contributed by atoms with van der Waals surface area (Å²) in [6.45, 7) is 3.06. The number of rotatable bonds is 3. The van der Waals surface area contributed by atoms with Crippen molar-refractivity contribution in [1.29, 1.82) is 0 Å². The molecule has 2 aliphatic rings. The van der Waals surface area contributed by atoms with Gasteiger partial charge in [-0.05, 0) is 25.1 Å². The van der Waals surface area contributed by atoms with Gasteiger partial charge in [-0.2, -0.15) is 0 Å². The molecule has 2 aliphatic heterocycles. The Kier molecular flexibility index (Phi) is 3.23. The molecular weight excluding hydrogens is 314 g/mol. The third-order valence-corrected chi connectivity index (χ3v) is 5.58. The van der Waals surface area contributed by atoms with Crippen LogP contribution in [0.1, 0.15) is 16.7 Å². The maximum absolute atomic E-state index is 12.7. The van der Waals surface area contributed by atoms with Crippen LogP contribution < -0.4 is 14.2 Å². The molecule has 1 N–H and O–H groups in total. The summed E-state index contributed by atoms with van der Waals surface area (Å²) in [6.07, 6.45) is 1.45. The molecule has 0 saturated heterocycles. The Morgan fingerprint density at radius 3 is 2.57 bits per heavy atom. The lowest BCUT2D eigenvalue weighted by molar-refractivity contribution is 0.356. The van der Waals surface area contributed by atoms with Crippen LogP contribution >= 0.6 is 0 Å². The number of hydrogen-bond acceptors (Lipinski definition) is 4. The quantitative estimate of drug-likeness (QED) is 0.939. The largest absolute Gasteiger partial charge is 0.493 e. The maximum atomic E-state index is 12.7. The first kappa shape index (κ1) is 14.4. The van der Waals surface area contributed by atoms with Gasteiger partial charge in [-0.25, -0.2) is 8.42 Å². The number of benzene rings is 2. The number of fused-ring (bicyclic) bond motifs is 2. The van der Waals surface area contributed by atoms with Crippen LogP contribution in [0.15, 0.2) is 35.2 Å². The zero-order chi connectivity index (χ0) is 16.0. The van der Waals surface area contributed by atoms with Crippen molar-refractivity contribution in [1.82, 2.24) is 0 Å². The minimum atomic E-state index is -3.66. The summed E-state index contributed by atoms with van der Waals surface area (Å²) in [5.41, 5.74) is 3.42. The molecule has 120 valence electrons. The monoisotopic (exact) mass is 331 g/mol. The third kappa shape index (κ3) is 2.43. The Morgan fingerprint density at radius 2 is 1.78 bits per heavy atom. The fourth-order valence-electron chi connectivity index (χ4n) is 3.00. The number of aryl methyl sites for hydroxylation is 1. The van der Waals surface area contributed by atoms with Gasteiger partial charge >= 0.3 is 0 Å². The second-order valence-corrected chi connectivity index (χ2v) is 7.51. The molecule has 2 heterocycles. The normalized spacial score (nSPS) is 15.5. The summed E-state index contributed by atoms with van der Waals surface area (Å²) in [5.74, 6) is 1.40. The highest BCUT2D eigenvalue weighted by atomic mass is 32.2. The van der Waals surface area contributed by atoms with E-state index < -0.39 is 10.0 Å². The number of anilines is 1. The standard InChI is InChI=1S/C17H17NO4S/c1-11-2-4-13(5-3-11)23(19,20)18-16-14-7-9-21-15(14)10-12-6-8-22-17(12)16/h2-5,10,18H,6-9H2,1H3. The molecule has 0 saturated carbocycles. The number of ether oxygens (including phenoxy) is 2. The summed E-state index contributed by atoms with van der Waals surface area (Å²) < 4.78 is 39.4. The van der Waals surface area contributed by atoms with Gasteiger partial charge < -0.3 is 9.47 Å². The Bertz CT molecular complexity index is 840. The Morgan fingerprint density at radius 1 is 1.04 bits per heavy atom. The van der Waals surface area contributed by atoms with Crippen molar-refractivity contribution >= 4 is 15.7 Å². The van der Waals surface area contributed by atoms with Crippen molar-refractivity contribution in [2.75, 3.05) is 17.9 Å². The number of nitrogens with one attached hydrogen (secondary N) is 1. The van der Waals surface area contributed by atoms with Crippen LogP contribution in [0.4, 0.5) is 5.69 Å². The van der Waals surface area contributed by atoms with Crippen LogP contribution in [-0.4, -0.2) is 21.6 Å². The van der Waals surface area contributed by atoms with E-state index in [4.69, 9.17) is 9.47 Å². The van der Waals surface area contributed by atoms with Crippen molar-refractivity contribution in [2.24, 2.45) is 0 Å². The first-order chi connectivity index (χ1) is 11.0. The van der Waals surface area contributed by atoms with Crippen molar-refractivity contribution < 1.29 is 17.9 Å². The first-order valence-electron chi connectivity index (χ1n) is 7.58. The van der Waals surface area contributed by atoms with Crippen molar-refractivity contribution in [3.8, 4) is 11.5 Å². The molecule has 0 unspecified atom stereocenters. The predicted molar refractivity (Wildman–Crippen MR) is 86.8 cm³/mol. The summed E-state index contributed by atoms with van der Waals surface area (Å²) in [6, 6.07) is 8.76. The Balaban J connectivity index is 1.79. The van der Waals surface area contributed by atoms with Gasteiger partial charge in [0.15, 0.2) is 0 Å². The summed E-state index contributed by atoms with van der Waals surface area (Å²) in [4.78, 5) is 0.242. The van der Waals surface area contributed by atoms with E-state index in [1.807, 2.05) is 13.0 Å². The molecule has 0 fully saturated rings. The fraction of sp³-hybridized carbons (Fsp3) is 0.294. The van der Waals surface area contributed by atoms with Crippen molar-refractivity contribution in [3.63, 3.8) is 0 Å². The van der Waals surface area contributed by atoms with Crippen LogP contribution in [0.25, 0.3) is 0 Å². The van der Waals surface area contributed by atoms with Gasteiger partial charge in [0.25, 0.3) is 10.0 Å². The summed E-state index contributed by atoms with van der Waals surface area (Å²) >= 11 is 0. The van der Waals surface area contributed by atoms with E-state index in [1.54, 1.807) is 24.3 Å². The van der Waals surface area contributed by atoms with Crippen LogP contribution in [-0.2, 0) is 22.9 Å². The van der Waals surface area contributed by atoms with Crippen molar-refractivity contribution in [3.05, 3.63) is 47.0 Å². The van der Waals surface area contributed by atoms with E-state index >= 15 is 0 Å². The molecule has 6 heteroatoms. The van der Waals surface area contributed by atoms with E-state index in [-0.39, 0.29) is 4.90 Å². The molecule has 0 amide bonds. The number of hydrogen-bond donors (Lipinski definition) is 1. The molecule has 0 radical (unpaired) electrons. The molecule has 0 spiro atoms. The fourth-order valence-corrected chi connectivity index (χ4v) is 4.10. The molecule has 4 rings (SSSR count). The van der Waals surface area contributed by atoms with Crippen LogP contribution in [0.3, 0.4) is 0 Å². The molecule has 0 aliphatic carbocycles. The minimum Gasteiger partial charge on any atom is -0.493 e. The molecule has 0 bridgehead atoms. The summed E-state index contributed by atoms with van der Waals surface area (Å²) in [5, 5.41) is 0. The smallest absolute Gasteiger partial charge is 0.262 e. The molecule has 0 atom stereocenters. The lowest BCUT2D eigenvalue weighted by Crippen LogP contribution is -2.15. The highest BCUT2D eigenvalue weighted by Crippen LogP contribution is 2.45. The lowest BCUT2D eigenvalue weighted by atomic mass is 10.0. The highest BCUT2D eigenvalue weighted by Gasteiger charge is 2.29. The van der Waals surface area contributed by atoms with Gasteiger partial charge in [-0.3, -0.25) is 4.72 Å². The zero-order valence-electron chi connectivity index (χ0n) is 12.8. The molecule has 5 nitrogen and oxygen atoms in total. The van der Waals surface area contributed by atoms with E-state index in [2.05, 4.69) is 4.72 Å². The second-order valence-electron chi connectivity index (χ2n) is 5.83. The molecular formula is C17H17NO4S. The van der Waals surface area contributed by atoms with E-state index in [9.17, 15) is 8.42 Å². The van der Waals surface area contributed by atoms with E-state index in [1.165, 1.54) is 0 Å². The van der Waals surface area contributed by atoms with Crippen LogP contribution in [0.2, 0.25) is 0 Å². The van der Waals surface area contributed by atoms with Crippen LogP contribution in [0.5, 0.6) is 11.5 Å². The average Bonchev–Trinajstić information content (AvgIpc) is 3.16. The Labute approximate surface area is 135 Å². The predicted octanol–water partition coefficient (Wildman–Crippen LogP) is 2.67. The van der Waals surface area contributed by atoms with Gasteiger partial charge in [0.05, 0.1) is 23.8 Å². The van der Waals surface area contributed by atoms with Gasteiger partial charge in [0.1, 0.15) is 11.5 Å². The first-order valence-corrected chi connectivity index (χ1v) is 9.07. The number of sulfonamides is 1. The van der Waals surface area contributed by atoms with Gasteiger partial charge in [0.2, 0.25) is 0 Å². The maximum Gasteiger partial charge on any atom is 0.262 e. The second kappa shape index (κ2) is 5.16. The zero-order valence-corrected chi connectivity index (χ0v) is 13.6. The van der Waals surface area contributed by atoms with Gasteiger partial charge in [-0.15, -0.1) is 0 Å². The minimum absolute atomic E-state index is 0.242. The molecule has 23 heavy (non-hydrogen) atoms. The molecule has 2 aromatic rings. The van der Waals surface area contributed by atoms with E-state index in [0.717, 1.165) is 28.9 Å². The SMILES string of the molecule is Cc1ccc(S(=O)(=O)Nc2c3c(cc4c2OCC4)OCC3)cc1. The topological polar surface area (TPSA) is 64.6 Å². The average molecular weight is 331 g/mol. The van der Waals surface area contributed by atoms with Crippen LogP contribution in [0, 0.1) is 6.92 Å². The lowest BCUT2D eigenvalue weighted by Gasteiger charge is -2.15.